The zero-order chi connectivity index (χ0) is 15.5. The smallest absolute Gasteiger partial charge is 0.271 e. The first-order valence-electron chi connectivity index (χ1n) is 7.58. The molecule has 116 valence electrons. The van der Waals surface area contributed by atoms with Crippen molar-refractivity contribution in [3.63, 3.8) is 0 Å². The molecule has 0 fully saturated rings. The Morgan fingerprint density at radius 3 is 2.62 bits per heavy atom. The monoisotopic (exact) mass is 310 g/mol. The quantitative estimate of drug-likeness (QED) is 0.820. The van der Waals surface area contributed by atoms with Crippen LogP contribution in [0, 0.1) is 0 Å². The van der Waals surface area contributed by atoms with Crippen LogP contribution in [-0.4, -0.2) is 24.6 Å². The third-order valence-electron chi connectivity index (χ3n) is 4.13. The number of anilines is 1. The predicted molar refractivity (Wildman–Crippen MR) is 86.0 cm³/mol. The molecule has 2 rings (SSSR count). The van der Waals surface area contributed by atoms with Gasteiger partial charge in [0.2, 0.25) is 0 Å². The number of carbonyl (C=O) groups is 1. The van der Waals surface area contributed by atoms with Gasteiger partial charge >= 0.3 is 0 Å². The van der Waals surface area contributed by atoms with Crippen molar-refractivity contribution in [2.24, 2.45) is 5.73 Å². The van der Waals surface area contributed by atoms with E-state index in [0.29, 0.717) is 31.0 Å². The van der Waals surface area contributed by atoms with Crippen LogP contribution in [0.1, 0.15) is 39.5 Å². The third-order valence-corrected chi connectivity index (χ3v) is 4.37. The van der Waals surface area contributed by atoms with Gasteiger partial charge in [0.15, 0.2) is 5.60 Å². The first-order valence-corrected chi connectivity index (χ1v) is 7.96. The van der Waals surface area contributed by atoms with Crippen molar-refractivity contribution in [1.82, 2.24) is 0 Å². The zero-order valence-corrected chi connectivity index (χ0v) is 13.4. The van der Waals surface area contributed by atoms with Gasteiger partial charge in [-0.15, -0.1) is 0 Å². The van der Waals surface area contributed by atoms with E-state index in [1.807, 2.05) is 24.8 Å². The molecule has 1 aromatic rings. The number of hydrogen-bond acceptors (Lipinski definition) is 3. The molecule has 0 saturated carbocycles. The van der Waals surface area contributed by atoms with Crippen molar-refractivity contribution in [2.45, 2.75) is 45.1 Å². The van der Waals surface area contributed by atoms with Crippen LogP contribution in [0.4, 0.5) is 5.69 Å². The summed E-state index contributed by atoms with van der Waals surface area (Å²) in [5.41, 5.74) is 5.56. The molecule has 21 heavy (non-hydrogen) atoms. The highest BCUT2D eigenvalue weighted by Gasteiger charge is 2.45. The van der Waals surface area contributed by atoms with Gasteiger partial charge in [0.25, 0.3) is 5.91 Å². The molecule has 5 heteroatoms. The number of ether oxygens (including phenoxy) is 1. The Hall–Kier alpha value is -1.26. The van der Waals surface area contributed by atoms with Gasteiger partial charge in [-0.2, -0.15) is 0 Å². The molecule has 1 aliphatic rings. The van der Waals surface area contributed by atoms with Gasteiger partial charge in [-0.05, 0) is 50.4 Å². The van der Waals surface area contributed by atoms with Gasteiger partial charge in [-0.25, -0.2) is 0 Å². The topological polar surface area (TPSA) is 55.6 Å². The van der Waals surface area contributed by atoms with Crippen LogP contribution in [0.2, 0.25) is 5.02 Å². The fraction of sp³-hybridized carbons (Fsp3) is 0.562. The minimum atomic E-state index is -0.760. The van der Waals surface area contributed by atoms with Crippen LogP contribution < -0.4 is 15.4 Å². The van der Waals surface area contributed by atoms with Crippen LogP contribution in [0.25, 0.3) is 0 Å². The standard InChI is InChI=1S/C16H23ClN2O2/c1-3-16(4-2)15(20)19(10-6-5-9-18)13-11-12(17)7-8-14(13)21-16/h7-8,11H,3-6,9-10,18H2,1-2H3. The van der Waals surface area contributed by atoms with Gasteiger partial charge < -0.3 is 15.4 Å². The molecule has 0 saturated heterocycles. The number of halogens is 1. The second kappa shape index (κ2) is 6.67. The lowest BCUT2D eigenvalue weighted by Crippen LogP contribution is -2.55. The molecule has 2 N–H and O–H groups in total. The molecule has 0 aromatic heterocycles. The maximum atomic E-state index is 12.9. The summed E-state index contributed by atoms with van der Waals surface area (Å²) in [5.74, 6) is 0.759. The number of hydrogen-bond donors (Lipinski definition) is 1. The van der Waals surface area contributed by atoms with Crippen LogP contribution >= 0.6 is 11.6 Å². The molecule has 4 nitrogen and oxygen atoms in total. The van der Waals surface area contributed by atoms with E-state index in [1.165, 1.54) is 0 Å². The molecule has 1 aliphatic heterocycles. The summed E-state index contributed by atoms with van der Waals surface area (Å²) in [4.78, 5) is 14.7. The Balaban J connectivity index is 2.39. The number of benzene rings is 1. The van der Waals surface area contributed by atoms with Crippen LogP contribution in [0.5, 0.6) is 5.75 Å². The highest BCUT2D eigenvalue weighted by Crippen LogP contribution is 2.41. The molecule has 0 unspecified atom stereocenters. The van der Waals surface area contributed by atoms with Gasteiger partial charge in [0, 0.05) is 11.6 Å². The summed E-state index contributed by atoms with van der Waals surface area (Å²) in [6.45, 7) is 5.25. The molecule has 1 aromatic carbocycles. The fourth-order valence-electron chi connectivity index (χ4n) is 2.73. The van der Waals surface area contributed by atoms with E-state index in [9.17, 15) is 4.79 Å². The molecular weight excluding hydrogens is 288 g/mol. The van der Waals surface area contributed by atoms with E-state index >= 15 is 0 Å². The van der Waals surface area contributed by atoms with Crippen LogP contribution in [-0.2, 0) is 4.79 Å². The van der Waals surface area contributed by atoms with Gasteiger partial charge in [0.05, 0.1) is 5.69 Å². The second-order valence-electron chi connectivity index (χ2n) is 5.37. The van der Waals surface area contributed by atoms with Gasteiger partial charge in [0.1, 0.15) is 5.75 Å². The summed E-state index contributed by atoms with van der Waals surface area (Å²) in [6, 6.07) is 5.44. The number of nitrogens with zero attached hydrogens (tertiary/aromatic N) is 1. The first-order chi connectivity index (χ1) is 10.1. The summed E-state index contributed by atoms with van der Waals surface area (Å²) in [7, 11) is 0. The van der Waals surface area contributed by atoms with E-state index in [0.717, 1.165) is 24.3 Å². The maximum Gasteiger partial charge on any atom is 0.271 e. The number of nitrogens with two attached hydrogens (primary N) is 1. The summed E-state index contributed by atoms with van der Waals surface area (Å²) in [5, 5.41) is 0.606. The maximum absolute atomic E-state index is 12.9. The Morgan fingerprint density at radius 1 is 1.29 bits per heavy atom. The molecule has 0 atom stereocenters. The Morgan fingerprint density at radius 2 is 2.00 bits per heavy atom. The minimum absolute atomic E-state index is 0.0271. The summed E-state index contributed by atoms with van der Waals surface area (Å²) in [6.07, 6.45) is 3.07. The highest BCUT2D eigenvalue weighted by atomic mass is 35.5. The molecule has 0 radical (unpaired) electrons. The normalized spacial score (nSPS) is 16.6. The van der Waals surface area contributed by atoms with E-state index in [4.69, 9.17) is 22.1 Å². The first kappa shape index (κ1) is 16.1. The molecule has 0 aliphatic carbocycles. The summed E-state index contributed by atoms with van der Waals surface area (Å²) < 4.78 is 6.05. The Labute approximate surface area is 131 Å². The number of amides is 1. The minimum Gasteiger partial charge on any atom is -0.475 e. The van der Waals surface area contributed by atoms with E-state index in [2.05, 4.69) is 0 Å². The number of unbranched alkanes of at least 4 members (excludes halogenated alkanes) is 1. The van der Waals surface area contributed by atoms with Crippen molar-refractivity contribution in [3.05, 3.63) is 23.2 Å². The highest BCUT2D eigenvalue weighted by molar-refractivity contribution is 6.31. The largest absolute Gasteiger partial charge is 0.475 e. The SMILES string of the molecule is CCC1(CC)Oc2ccc(Cl)cc2N(CCCCN)C1=O. The predicted octanol–water partition coefficient (Wildman–Crippen LogP) is 3.36. The average Bonchev–Trinajstić information content (AvgIpc) is 2.50. The number of carbonyl (C=O) groups excluding carboxylic acids is 1. The Bertz CT molecular complexity index is 515. The molecular formula is C16H23ClN2O2. The van der Waals surface area contributed by atoms with Crippen molar-refractivity contribution >= 4 is 23.2 Å². The molecule has 0 bridgehead atoms. The fourth-order valence-corrected chi connectivity index (χ4v) is 2.90. The lowest BCUT2D eigenvalue weighted by Gasteiger charge is -2.42. The average molecular weight is 311 g/mol. The Kier molecular flexibility index (Phi) is 5.12. The molecule has 1 heterocycles. The van der Waals surface area contributed by atoms with Crippen LogP contribution in [0.3, 0.4) is 0 Å². The van der Waals surface area contributed by atoms with E-state index < -0.39 is 5.60 Å². The zero-order valence-electron chi connectivity index (χ0n) is 12.7. The lowest BCUT2D eigenvalue weighted by atomic mass is 9.92. The van der Waals surface area contributed by atoms with Crippen molar-refractivity contribution in [1.29, 1.82) is 0 Å². The van der Waals surface area contributed by atoms with Gasteiger partial charge in [-0.3, -0.25) is 4.79 Å². The van der Waals surface area contributed by atoms with Crippen molar-refractivity contribution in [2.75, 3.05) is 18.0 Å². The molecule has 0 spiro atoms. The second-order valence-corrected chi connectivity index (χ2v) is 5.80. The van der Waals surface area contributed by atoms with Crippen LogP contribution in [0.15, 0.2) is 18.2 Å². The third kappa shape index (κ3) is 3.01. The number of fused-ring (bicyclic) bond motifs is 1. The summed E-state index contributed by atoms with van der Waals surface area (Å²) >= 11 is 6.08. The number of rotatable bonds is 6. The van der Waals surface area contributed by atoms with Gasteiger partial charge in [-0.1, -0.05) is 25.4 Å². The van der Waals surface area contributed by atoms with E-state index in [-0.39, 0.29) is 5.91 Å². The van der Waals surface area contributed by atoms with E-state index in [1.54, 1.807) is 12.1 Å². The van der Waals surface area contributed by atoms with Crippen molar-refractivity contribution < 1.29 is 9.53 Å². The van der Waals surface area contributed by atoms with Crippen molar-refractivity contribution in [3.8, 4) is 5.75 Å². The molecule has 1 amide bonds. The lowest BCUT2D eigenvalue weighted by molar-refractivity contribution is -0.136.